The topological polar surface area (TPSA) is 66.8 Å². The first-order valence-corrected chi connectivity index (χ1v) is 10.5. The molecule has 0 unspecified atom stereocenters. The first kappa shape index (κ1) is 17.4. The number of hydrogen-bond acceptors (Lipinski definition) is 4. The SMILES string of the molecule is CC(C)C(=O)N=C1S[C@@H]2CS(=O)(=O)C[C@H]2N1Cc1ccc(F)cc1. The van der Waals surface area contributed by atoms with Crippen LogP contribution < -0.4 is 0 Å². The highest BCUT2D eigenvalue weighted by Crippen LogP contribution is 2.39. The molecule has 2 fully saturated rings. The van der Waals surface area contributed by atoms with Crippen LogP contribution in [0, 0.1) is 11.7 Å². The van der Waals surface area contributed by atoms with Gasteiger partial charge in [0.05, 0.1) is 17.5 Å². The van der Waals surface area contributed by atoms with Crippen molar-refractivity contribution in [3.8, 4) is 0 Å². The molecule has 0 spiro atoms. The van der Waals surface area contributed by atoms with Gasteiger partial charge in [-0.2, -0.15) is 4.99 Å². The lowest BCUT2D eigenvalue weighted by molar-refractivity contribution is -0.120. The minimum atomic E-state index is -3.07. The van der Waals surface area contributed by atoms with Crippen LogP contribution in [0.2, 0.25) is 0 Å². The molecule has 8 heteroatoms. The fraction of sp³-hybridized carbons (Fsp3) is 0.500. The van der Waals surface area contributed by atoms with Gasteiger partial charge in [0.15, 0.2) is 15.0 Å². The largest absolute Gasteiger partial charge is 0.342 e. The lowest BCUT2D eigenvalue weighted by atomic mass is 10.1. The molecule has 0 bridgehead atoms. The number of amides is 1. The molecule has 2 saturated heterocycles. The highest BCUT2D eigenvalue weighted by molar-refractivity contribution is 8.15. The van der Waals surface area contributed by atoms with E-state index in [2.05, 4.69) is 4.99 Å². The molecule has 3 rings (SSSR count). The Morgan fingerprint density at radius 2 is 2.00 bits per heavy atom. The summed E-state index contributed by atoms with van der Waals surface area (Å²) < 4.78 is 36.9. The Bertz CT molecular complexity index is 775. The zero-order chi connectivity index (χ0) is 17.5. The summed E-state index contributed by atoms with van der Waals surface area (Å²) in [6.07, 6.45) is 0. The van der Waals surface area contributed by atoms with Crippen LogP contribution in [0.3, 0.4) is 0 Å². The van der Waals surface area contributed by atoms with Gasteiger partial charge in [-0.25, -0.2) is 12.8 Å². The normalized spacial score (nSPS) is 27.0. The smallest absolute Gasteiger partial charge is 0.250 e. The van der Waals surface area contributed by atoms with E-state index in [1.165, 1.54) is 23.9 Å². The zero-order valence-corrected chi connectivity index (χ0v) is 15.1. The monoisotopic (exact) mass is 370 g/mol. The third-order valence-corrected chi connectivity index (χ3v) is 7.39. The summed E-state index contributed by atoms with van der Waals surface area (Å²) in [6.45, 7) is 3.97. The van der Waals surface area contributed by atoms with E-state index in [0.29, 0.717) is 11.7 Å². The summed E-state index contributed by atoms with van der Waals surface area (Å²) in [4.78, 5) is 18.1. The highest BCUT2D eigenvalue weighted by Gasteiger charge is 2.48. The Balaban J connectivity index is 1.89. The Kier molecular flexibility index (Phi) is 4.70. The van der Waals surface area contributed by atoms with Crippen LogP contribution in [0.15, 0.2) is 29.3 Å². The van der Waals surface area contributed by atoms with E-state index in [0.717, 1.165) is 5.56 Å². The van der Waals surface area contributed by atoms with Crippen molar-refractivity contribution >= 4 is 32.7 Å². The van der Waals surface area contributed by atoms with Gasteiger partial charge < -0.3 is 4.90 Å². The molecule has 0 aromatic heterocycles. The lowest BCUT2D eigenvalue weighted by Gasteiger charge is -2.24. The number of aliphatic imine (C=N–C) groups is 1. The molecule has 0 aliphatic carbocycles. The van der Waals surface area contributed by atoms with Crippen LogP contribution in [0.1, 0.15) is 19.4 Å². The van der Waals surface area contributed by atoms with E-state index in [1.807, 2.05) is 4.90 Å². The van der Waals surface area contributed by atoms with Crippen molar-refractivity contribution in [1.82, 2.24) is 4.90 Å². The predicted octanol–water partition coefficient (Wildman–Crippen LogP) is 2.08. The molecule has 0 radical (unpaired) electrons. The maximum Gasteiger partial charge on any atom is 0.250 e. The van der Waals surface area contributed by atoms with Crippen LogP contribution in [-0.2, 0) is 21.2 Å². The van der Waals surface area contributed by atoms with Crippen molar-refractivity contribution < 1.29 is 17.6 Å². The number of thioether (sulfide) groups is 1. The maximum atomic E-state index is 13.1. The number of hydrogen-bond donors (Lipinski definition) is 0. The average Bonchev–Trinajstić information content (AvgIpc) is 2.94. The van der Waals surface area contributed by atoms with Crippen LogP contribution in [0.25, 0.3) is 0 Å². The van der Waals surface area contributed by atoms with E-state index in [1.54, 1.807) is 26.0 Å². The number of amidine groups is 1. The lowest BCUT2D eigenvalue weighted by Crippen LogP contribution is -2.37. The molecule has 1 amide bonds. The number of sulfone groups is 1. The van der Waals surface area contributed by atoms with Gasteiger partial charge in [-0.3, -0.25) is 4.79 Å². The van der Waals surface area contributed by atoms with E-state index in [4.69, 9.17) is 0 Å². The molecule has 2 aliphatic heterocycles. The molecule has 1 aromatic rings. The number of rotatable bonds is 3. The minimum absolute atomic E-state index is 0.0702. The Labute approximate surface area is 145 Å². The van der Waals surface area contributed by atoms with Crippen LogP contribution in [-0.4, -0.2) is 47.2 Å². The van der Waals surface area contributed by atoms with Crippen LogP contribution >= 0.6 is 11.8 Å². The van der Waals surface area contributed by atoms with Crippen molar-refractivity contribution in [2.45, 2.75) is 31.7 Å². The van der Waals surface area contributed by atoms with Gasteiger partial charge in [0.2, 0.25) is 0 Å². The van der Waals surface area contributed by atoms with Crippen LogP contribution in [0.5, 0.6) is 0 Å². The molecule has 2 aliphatic rings. The third-order valence-electron chi connectivity index (χ3n) is 4.14. The molecule has 130 valence electrons. The molecule has 2 atom stereocenters. The number of nitrogens with zero attached hydrogens (tertiary/aromatic N) is 2. The quantitative estimate of drug-likeness (QED) is 0.815. The zero-order valence-electron chi connectivity index (χ0n) is 13.5. The number of halogens is 1. The fourth-order valence-electron chi connectivity index (χ4n) is 2.83. The first-order chi connectivity index (χ1) is 11.2. The van der Waals surface area contributed by atoms with Gasteiger partial charge in [-0.1, -0.05) is 37.7 Å². The van der Waals surface area contributed by atoms with Crippen molar-refractivity contribution in [2.75, 3.05) is 11.5 Å². The molecular weight excluding hydrogens is 351 g/mol. The van der Waals surface area contributed by atoms with Gasteiger partial charge in [-0.15, -0.1) is 0 Å². The summed E-state index contributed by atoms with van der Waals surface area (Å²) in [6, 6.07) is 5.88. The summed E-state index contributed by atoms with van der Waals surface area (Å²) >= 11 is 1.36. The number of carbonyl (C=O) groups is 1. The predicted molar refractivity (Wildman–Crippen MR) is 93.0 cm³/mol. The van der Waals surface area contributed by atoms with Gasteiger partial charge in [-0.05, 0) is 17.7 Å². The van der Waals surface area contributed by atoms with Crippen molar-refractivity contribution in [2.24, 2.45) is 10.9 Å². The van der Waals surface area contributed by atoms with E-state index >= 15 is 0 Å². The highest BCUT2D eigenvalue weighted by atomic mass is 32.2. The van der Waals surface area contributed by atoms with E-state index < -0.39 is 9.84 Å². The van der Waals surface area contributed by atoms with Gasteiger partial charge in [0.1, 0.15) is 5.82 Å². The van der Waals surface area contributed by atoms with Crippen molar-refractivity contribution in [3.05, 3.63) is 35.6 Å². The first-order valence-electron chi connectivity index (χ1n) is 7.76. The standard InChI is InChI=1S/C16H19FN2O3S2/c1-10(2)15(20)18-16-19(7-11-3-5-12(17)6-4-11)13-8-24(21,22)9-14(13)23-16/h3-6,10,13-14H,7-9H2,1-2H3/t13-,14-/m1/s1. The second-order valence-electron chi connectivity index (χ2n) is 6.44. The fourth-order valence-corrected chi connectivity index (χ4v) is 6.79. The maximum absolute atomic E-state index is 13.1. The second-order valence-corrected chi connectivity index (χ2v) is 9.80. The summed E-state index contributed by atoms with van der Waals surface area (Å²) in [5, 5.41) is 0.470. The molecule has 5 nitrogen and oxygen atoms in total. The second kappa shape index (κ2) is 6.48. The molecule has 2 heterocycles. The van der Waals surface area contributed by atoms with Crippen molar-refractivity contribution in [1.29, 1.82) is 0 Å². The molecule has 0 saturated carbocycles. The summed E-state index contributed by atoms with van der Waals surface area (Å²) in [5.74, 6) is -0.572. The molecule has 0 N–H and O–H groups in total. The van der Waals surface area contributed by atoms with E-state index in [-0.39, 0.29) is 40.4 Å². The molecule has 24 heavy (non-hydrogen) atoms. The van der Waals surface area contributed by atoms with Gasteiger partial charge >= 0.3 is 0 Å². The van der Waals surface area contributed by atoms with Crippen LogP contribution in [0.4, 0.5) is 4.39 Å². The number of carbonyl (C=O) groups excluding carboxylic acids is 1. The Morgan fingerprint density at radius 1 is 1.33 bits per heavy atom. The Morgan fingerprint density at radius 3 is 2.62 bits per heavy atom. The number of benzene rings is 1. The Hall–Kier alpha value is -1.41. The molecular formula is C16H19FN2O3S2. The minimum Gasteiger partial charge on any atom is -0.342 e. The van der Waals surface area contributed by atoms with Gasteiger partial charge in [0, 0.05) is 17.7 Å². The van der Waals surface area contributed by atoms with E-state index in [9.17, 15) is 17.6 Å². The average molecular weight is 370 g/mol. The number of fused-ring (bicyclic) bond motifs is 1. The summed E-state index contributed by atoms with van der Waals surface area (Å²) in [7, 11) is -3.07. The van der Waals surface area contributed by atoms with Gasteiger partial charge in [0.25, 0.3) is 5.91 Å². The molecule has 1 aromatic carbocycles. The summed E-state index contributed by atoms with van der Waals surface area (Å²) in [5.41, 5.74) is 0.853. The van der Waals surface area contributed by atoms with Crippen molar-refractivity contribution in [3.63, 3.8) is 0 Å². The third kappa shape index (κ3) is 3.64.